The summed E-state index contributed by atoms with van der Waals surface area (Å²) in [7, 11) is 1.64. The molecule has 3 atom stereocenters. The van der Waals surface area contributed by atoms with Crippen LogP contribution in [0.4, 0.5) is 0 Å². The molecule has 1 amide bonds. The first-order valence-corrected chi connectivity index (χ1v) is 6.93. The monoisotopic (exact) mass is 255 g/mol. The summed E-state index contributed by atoms with van der Waals surface area (Å²) < 4.78 is 4.94. The molecule has 3 unspecified atom stereocenters. The van der Waals surface area contributed by atoms with Crippen LogP contribution in [0.5, 0.6) is 0 Å². The van der Waals surface area contributed by atoms with Crippen LogP contribution in [0.1, 0.15) is 32.6 Å². The normalized spacial score (nSPS) is 33.4. The van der Waals surface area contributed by atoms with Crippen LogP contribution in [-0.4, -0.2) is 55.2 Å². The van der Waals surface area contributed by atoms with Gasteiger partial charge in [0.1, 0.15) is 0 Å². The highest BCUT2D eigenvalue weighted by Gasteiger charge is 2.43. The molecule has 0 saturated carbocycles. The van der Waals surface area contributed by atoms with E-state index in [1.165, 1.54) is 12.8 Å². The van der Waals surface area contributed by atoms with Crippen LogP contribution in [-0.2, 0) is 9.53 Å². The number of fused-ring (bicyclic) bond motifs is 2. The molecule has 2 saturated heterocycles. The molecule has 2 aliphatic rings. The predicted molar refractivity (Wildman–Crippen MR) is 70.2 cm³/mol. The molecule has 18 heavy (non-hydrogen) atoms. The van der Waals surface area contributed by atoms with E-state index < -0.39 is 0 Å². The molecule has 2 heterocycles. The highest BCUT2D eigenvalue weighted by Crippen LogP contribution is 2.36. The minimum atomic E-state index is -0.0492. The van der Waals surface area contributed by atoms with E-state index in [0.29, 0.717) is 31.3 Å². The van der Waals surface area contributed by atoms with E-state index in [9.17, 15) is 4.79 Å². The number of nitrogens with two attached hydrogens (primary N) is 1. The number of hydrogen-bond acceptors (Lipinski definition) is 4. The fourth-order valence-electron chi connectivity index (χ4n) is 3.45. The van der Waals surface area contributed by atoms with Gasteiger partial charge in [0.2, 0.25) is 5.91 Å². The van der Waals surface area contributed by atoms with E-state index in [1.54, 1.807) is 7.11 Å². The fourth-order valence-corrected chi connectivity index (χ4v) is 3.45. The summed E-state index contributed by atoms with van der Waals surface area (Å²) in [5.74, 6) is 0.111. The Kier molecular flexibility index (Phi) is 4.59. The van der Waals surface area contributed by atoms with E-state index in [-0.39, 0.29) is 11.9 Å². The molecule has 2 aliphatic heterocycles. The highest BCUT2D eigenvalue weighted by atomic mass is 16.5. The van der Waals surface area contributed by atoms with Crippen LogP contribution in [0, 0.1) is 0 Å². The van der Waals surface area contributed by atoms with Gasteiger partial charge in [-0.3, -0.25) is 9.69 Å². The molecule has 0 aromatic heterocycles. The maximum absolute atomic E-state index is 12.1. The molecule has 0 aromatic rings. The van der Waals surface area contributed by atoms with E-state index in [1.807, 2.05) is 6.92 Å². The maximum atomic E-state index is 12.1. The zero-order valence-electron chi connectivity index (χ0n) is 11.4. The molecule has 5 heteroatoms. The average Bonchev–Trinajstić information content (AvgIpc) is 2.61. The Morgan fingerprint density at radius 3 is 2.61 bits per heavy atom. The summed E-state index contributed by atoms with van der Waals surface area (Å²) in [6, 6.07) is 1.28. The lowest BCUT2D eigenvalue weighted by molar-refractivity contribution is -0.128. The van der Waals surface area contributed by atoms with Gasteiger partial charge in [-0.05, 0) is 32.6 Å². The fraction of sp³-hybridized carbons (Fsp3) is 0.923. The van der Waals surface area contributed by atoms with Crippen molar-refractivity contribution >= 4 is 5.91 Å². The van der Waals surface area contributed by atoms with Crippen molar-refractivity contribution < 1.29 is 9.53 Å². The van der Waals surface area contributed by atoms with Crippen molar-refractivity contribution in [3.8, 4) is 0 Å². The van der Waals surface area contributed by atoms with Gasteiger partial charge in [-0.1, -0.05) is 0 Å². The van der Waals surface area contributed by atoms with E-state index in [2.05, 4.69) is 10.2 Å². The van der Waals surface area contributed by atoms with Gasteiger partial charge in [-0.2, -0.15) is 0 Å². The third-order valence-electron chi connectivity index (χ3n) is 4.26. The molecule has 0 aromatic carbocycles. The number of methoxy groups -OCH3 is 1. The van der Waals surface area contributed by atoms with Gasteiger partial charge in [-0.25, -0.2) is 0 Å². The Balaban J connectivity index is 1.89. The Labute approximate surface area is 109 Å². The molecule has 0 aliphatic carbocycles. The molecule has 2 fully saturated rings. The SMILES string of the molecule is COCCNC(=O)C(C)N1C2CCC1CC(N)C2. The number of ether oxygens (including phenoxy) is 1. The first kappa shape index (κ1) is 13.8. The lowest BCUT2D eigenvalue weighted by Crippen LogP contribution is -2.55. The summed E-state index contributed by atoms with van der Waals surface area (Å²) in [5.41, 5.74) is 6.05. The van der Waals surface area contributed by atoms with Crippen molar-refractivity contribution in [3.63, 3.8) is 0 Å². The largest absolute Gasteiger partial charge is 0.383 e. The Hall–Kier alpha value is -0.650. The Morgan fingerprint density at radius 1 is 1.44 bits per heavy atom. The minimum absolute atomic E-state index is 0.0492. The summed E-state index contributed by atoms with van der Waals surface area (Å²) >= 11 is 0. The first-order valence-electron chi connectivity index (χ1n) is 6.93. The Morgan fingerprint density at radius 2 is 2.06 bits per heavy atom. The number of nitrogens with zero attached hydrogens (tertiary/aromatic N) is 1. The lowest BCUT2D eigenvalue weighted by atomic mass is 9.96. The second kappa shape index (κ2) is 5.99. The van der Waals surface area contributed by atoms with Crippen LogP contribution < -0.4 is 11.1 Å². The van der Waals surface area contributed by atoms with E-state index in [4.69, 9.17) is 10.5 Å². The van der Waals surface area contributed by atoms with Crippen LogP contribution in [0.3, 0.4) is 0 Å². The van der Waals surface area contributed by atoms with Crippen molar-refractivity contribution in [3.05, 3.63) is 0 Å². The molecule has 5 nitrogen and oxygen atoms in total. The third-order valence-corrected chi connectivity index (χ3v) is 4.26. The molecular formula is C13H25N3O2. The van der Waals surface area contributed by atoms with Crippen LogP contribution in [0.25, 0.3) is 0 Å². The number of carbonyl (C=O) groups excluding carboxylic acids is 1. The molecule has 2 bridgehead atoms. The first-order chi connectivity index (χ1) is 8.63. The topological polar surface area (TPSA) is 67.6 Å². The van der Waals surface area contributed by atoms with Gasteiger partial charge in [0.15, 0.2) is 0 Å². The van der Waals surface area contributed by atoms with Crippen LogP contribution in [0.2, 0.25) is 0 Å². The number of rotatable bonds is 5. The lowest BCUT2D eigenvalue weighted by Gasteiger charge is -2.40. The smallest absolute Gasteiger partial charge is 0.237 e. The van der Waals surface area contributed by atoms with Gasteiger partial charge in [-0.15, -0.1) is 0 Å². The second-order valence-corrected chi connectivity index (χ2v) is 5.52. The average molecular weight is 255 g/mol. The molecule has 104 valence electrons. The highest BCUT2D eigenvalue weighted by molar-refractivity contribution is 5.81. The van der Waals surface area contributed by atoms with Crippen molar-refractivity contribution in [2.75, 3.05) is 20.3 Å². The maximum Gasteiger partial charge on any atom is 0.237 e. The minimum Gasteiger partial charge on any atom is -0.383 e. The summed E-state index contributed by atoms with van der Waals surface area (Å²) in [6.45, 7) is 3.16. The van der Waals surface area contributed by atoms with Gasteiger partial charge < -0.3 is 15.8 Å². The van der Waals surface area contributed by atoms with Crippen LogP contribution >= 0.6 is 0 Å². The molecular weight excluding hydrogens is 230 g/mol. The zero-order chi connectivity index (χ0) is 13.1. The van der Waals surface area contributed by atoms with Crippen molar-refractivity contribution in [2.24, 2.45) is 5.73 Å². The summed E-state index contributed by atoms with van der Waals surface area (Å²) in [5, 5.41) is 2.92. The Bertz CT molecular complexity index is 284. The van der Waals surface area contributed by atoms with Gasteiger partial charge in [0, 0.05) is 31.8 Å². The van der Waals surface area contributed by atoms with Crippen molar-refractivity contribution in [2.45, 2.75) is 56.8 Å². The van der Waals surface area contributed by atoms with Gasteiger partial charge in [0.25, 0.3) is 0 Å². The number of amides is 1. The number of nitrogens with one attached hydrogen (secondary N) is 1. The molecule has 3 N–H and O–H groups in total. The zero-order valence-corrected chi connectivity index (χ0v) is 11.4. The molecule has 0 spiro atoms. The van der Waals surface area contributed by atoms with E-state index in [0.717, 1.165) is 12.8 Å². The molecule has 2 rings (SSSR count). The van der Waals surface area contributed by atoms with Crippen molar-refractivity contribution in [1.29, 1.82) is 0 Å². The number of hydrogen-bond donors (Lipinski definition) is 2. The number of piperidine rings is 1. The standard InChI is InChI=1S/C13H25N3O2/c1-9(13(17)15-5-6-18-2)16-11-3-4-12(16)8-10(14)7-11/h9-12H,3-8,14H2,1-2H3,(H,15,17). The van der Waals surface area contributed by atoms with Crippen molar-refractivity contribution in [1.82, 2.24) is 10.2 Å². The summed E-state index contributed by atoms with van der Waals surface area (Å²) in [6.07, 6.45) is 4.44. The van der Waals surface area contributed by atoms with Gasteiger partial charge >= 0.3 is 0 Å². The third kappa shape index (κ3) is 2.84. The van der Waals surface area contributed by atoms with E-state index >= 15 is 0 Å². The second-order valence-electron chi connectivity index (χ2n) is 5.52. The quantitative estimate of drug-likeness (QED) is 0.683. The number of carbonyl (C=O) groups is 1. The van der Waals surface area contributed by atoms with Gasteiger partial charge in [0.05, 0.1) is 12.6 Å². The molecule has 0 radical (unpaired) electrons. The summed E-state index contributed by atoms with van der Waals surface area (Å²) in [4.78, 5) is 14.5. The predicted octanol–water partition coefficient (Wildman–Crippen LogP) is 0.0916. The van der Waals surface area contributed by atoms with Crippen LogP contribution in [0.15, 0.2) is 0 Å².